The second kappa shape index (κ2) is 6.03. The first-order chi connectivity index (χ1) is 13.2. The second-order valence-electron chi connectivity index (χ2n) is 7.23. The molecule has 154 valence electrons. The van der Waals surface area contributed by atoms with Crippen LogP contribution in [0.3, 0.4) is 0 Å². The van der Waals surface area contributed by atoms with Gasteiger partial charge in [0.1, 0.15) is 0 Å². The van der Waals surface area contributed by atoms with Crippen molar-refractivity contribution in [3.05, 3.63) is 24.3 Å². The Hall–Kier alpha value is -1.93. The van der Waals surface area contributed by atoms with E-state index in [0.717, 1.165) is 0 Å². The summed E-state index contributed by atoms with van der Waals surface area (Å²) in [5.74, 6) is -1.50. The molecule has 1 atom stereocenters. The number of para-hydroxylation sites is 2. The van der Waals surface area contributed by atoms with E-state index < -0.39 is 36.7 Å². The van der Waals surface area contributed by atoms with Gasteiger partial charge in [0.2, 0.25) is 0 Å². The van der Waals surface area contributed by atoms with Gasteiger partial charge >= 0.3 is 162 Å². The van der Waals surface area contributed by atoms with Crippen LogP contribution in [0.5, 0.6) is 11.5 Å². The van der Waals surface area contributed by atoms with Crippen molar-refractivity contribution in [2.45, 2.75) is 51.3 Å². The van der Waals surface area contributed by atoms with Crippen LogP contribution in [0.1, 0.15) is 34.1 Å². The molecule has 10 heteroatoms. The van der Waals surface area contributed by atoms with Gasteiger partial charge < -0.3 is 0 Å². The Bertz CT molecular complexity index is 793. The van der Waals surface area contributed by atoms with Crippen LogP contribution in [0.15, 0.2) is 24.3 Å². The third-order valence-electron chi connectivity index (χ3n) is 4.64. The zero-order valence-corrected chi connectivity index (χ0v) is 17.0. The molecule has 0 saturated carbocycles. The first kappa shape index (κ1) is 19.4. The van der Waals surface area contributed by atoms with Gasteiger partial charge in [-0.25, -0.2) is 0 Å². The van der Waals surface area contributed by atoms with Gasteiger partial charge in [0, 0.05) is 0 Å². The van der Waals surface area contributed by atoms with E-state index in [-0.39, 0.29) is 31.1 Å². The number of hydrogen-bond donors (Lipinski definition) is 0. The summed E-state index contributed by atoms with van der Waals surface area (Å²) in [6, 6.07) is 6.71. The number of carbonyl (C=O) groups is 2. The fourth-order valence-electron chi connectivity index (χ4n) is 3.71. The van der Waals surface area contributed by atoms with Crippen molar-refractivity contribution in [3.63, 3.8) is 0 Å². The van der Waals surface area contributed by atoms with Crippen LogP contribution in [-0.4, -0.2) is 42.4 Å². The van der Waals surface area contributed by atoms with Crippen LogP contribution in [-0.2, 0) is 32.8 Å². The summed E-state index contributed by atoms with van der Waals surface area (Å²) in [4.78, 5) is 26.4. The molecule has 0 aromatic heterocycles. The number of benzene rings is 1. The number of ether oxygens (including phenoxy) is 3. The summed E-state index contributed by atoms with van der Waals surface area (Å²) in [5.41, 5.74) is -0.872. The summed E-state index contributed by atoms with van der Waals surface area (Å²) in [5, 5.41) is -2.48. The van der Waals surface area contributed by atoms with Gasteiger partial charge in [-0.1, -0.05) is 0 Å². The van der Waals surface area contributed by atoms with Crippen molar-refractivity contribution in [1.29, 1.82) is 0 Å². The van der Waals surface area contributed by atoms with E-state index in [1.54, 1.807) is 52.0 Å². The van der Waals surface area contributed by atoms with Gasteiger partial charge in [-0.05, 0) is 0 Å². The van der Waals surface area contributed by atoms with Crippen LogP contribution < -0.4 is 9.05 Å². The molecular weight excluding hydrogens is 391 g/mol. The van der Waals surface area contributed by atoms with Crippen LogP contribution in [0.4, 0.5) is 0 Å². The van der Waals surface area contributed by atoms with E-state index >= 15 is 0 Å². The predicted molar refractivity (Wildman–Crippen MR) is 96.4 cm³/mol. The summed E-state index contributed by atoms with van der Waals surface area (Å²) < 4.78 is 40.9. The molecule has 28 heavy (non-hydrogen) atoms. The Labute approximate surface area is 162 Å². The SMILES string of the molecule is CCOC(=O)C1(C(=O)OCC)OC2CC(C)(C)OP13(Oc1ccccc1O3)O2. The standard InChI is InChI=1S/C18H23O9P/c1-5-21-15(19)18(16(20)22-6-2)23-14-11-17(3,4)27-28(18,26-14)24-12-9-7-8-10-13(12)25-28/h7-10,14H,5-6,11H2,1-4H3. The Balaban J connectivity index is 1.97. The van der Waals surface area contributed by atoms with Crippen molar-refractivity contribution >= 4 is 19.4 Å². The Morgan fingerprint density at radius 3 is 2.11 bits per heavy atom. The summed E-state index contributed by atoms with van der Waals surface area (Å²) in [7, 11) is -5.07. The van der Waals surface area contributed by atoms with Crippen LogP contribution in [0.2, 0.25) is 0 Å². The summed E-state index contributed by atoms with van der Waals surface area (Å²) in [6.45, 7) is 6.78. The molecule has 0 N–H and O–H groups in total. The van der Waals surface area contributed by atoms with Crippen LogP contribution in [0, 0.1) is 0 Å². The predicted octanol–water partition coefficient (Wildman–Crippen LogP) is 3.07. The number of rotatable bonds is 4. The summed E-state index contributed by atoms with van der Waals surface area (Å²) >= 11 is 0. The second-order valence-corrected chi connectivity index (χ2v) is 10.2. The molecule has 0 radical (unpaired) electrons. The molecule has 2 bridgehead atoms. The van der Waals surface area contributed by atoms with Gasteiger partial charge in [0.05, 0.1) is 0 Å². The molecule has 1 aromatic carbocycles. The third kappa shape index (κ3) is 2.33. The van der Waals surface area contributed by atoms with Crippen LogP contribution >= 0.6 is 7.51 Å². The molecule has 3 aliphatic heterocycles. The minimum atomic E-state index is -5.07. The Morgan fingerprint density at radius 2 is 1.61 bits per heavy atom. The zero-order chi connectivity index (χ0) is 20.2. The van der Waals surface area contributed by atoms with E-state index in [4.69, 9.17) is 32.3 Å². The number of esters is 2. The number of hydrogen-bond acceptors (Lipinski definition) is 9. The molecule has 3 aliphatic rings. The van der Waals surface area contributed by atoms with E-state index in [9.17, 15) is 9.59 Å². The van der Waals surface area contributed by atoms with Crippen molar-refractivity contribution in [1.82, 2.24) is 0 Å². The Morgan fingerprint density at radius 1 is 1.07 bits per heavy atom. The van der Waals surface area contributed by atoms with Gasteiger partial charge in [0.15, 0.2) is 0 Å². The molecule has 1 aromatic rings. The molecule has 1 spiro atoms. The van der Waals surface area contributed by atoms with E-state index in [1.165, 1.54) is 0 Å². The fourth-order valence-corrected chi connectivity index (χ4v) is 7.93. The average Bonchev–Trinajstić information content (AvgIpc) is 3.03. The average molecular weight is 414 g/mol. The van der Waals surface area contributed by atoms with E-state index in [2.05, 4.69) is 0 Å². The van der Waals surface area contributed by atoms with Crippen LogP contribution in [0.25, 0.3) is 0 Å². The first-order valence-corrected chi connectivity index (χ1v) is 11.0. The normalized spacial score (nSPS) is 28.1. The fraction of sp³-hybridized carbons (Fsp3) is 0.556. The van der Waals surface area contributed by atoms with Gasteiger partial charge in [-0.15, -0.1) is 0 Å². The van der Waals surface area contributed by atoms with E-state index in [1.807, 2.05) is 0 Å². The number of fused-ring (bicyclic) bond motifs is 2. The topological polar surface area (TPSA) is 98.8 Å². The van der Waals surface area contributed by atoms with Crippen molar-refractivity contribution in [2.24, 2.45) is 0 Å². The third-order valence-corrected chi connectivity index (χ3v) is 8.57. The molecule has 0 amide bonds. The Kier molecular flexibility index (Phi) is 4.18. The van der Waals surface area contributed by atoms with Gasteiger partial charge in [-0.2, -0.15) is 0 Å². The van der Waals surface area contributed by atoms with Gasteiger partial charge in [0.25, 0.3) is 0 Å². The molecule has 2 fully saturated rings. The molecule has 1 unspecified atom stereocenters. The quantitative estimate of drug-likeness (QED) is 0.418. The summed E-state index contributed by atoms with van der Waals surface area (Å²) in [6.07, 6.45) is -0.737. The van der Waals surface area contributed by atoms with Crippen molar-refractivity contribution in [2.75, 3.05) is 13.2 Å². The minimum absolute atomic E-state index is 0.00312. The number of carbonyl (C=O) groups excluding carboxylic acids is 2. The molecular formula is C18H23O9P. The maximum atomic E-state index is 13.2. The molecule has 9 nitrogen and oxygen atoms in total. The van der Waals surface area contributed by atoms with E-state index in [0.29, 0.717) is 0 Å². The van der Waals surface area contributed by atoms with Crippen molar-refractivity contribution < 1.29 is 41.9 Å². The van der Waals surface area contributed by atoms with Crippen molar-refractivity contribution in [3.8, 4) is 11.5 Å². The molecule has 3 heterocycles. The molecule has 0 aliphatic carbocycles. The molecule has 2 saturated heterocycles. The first-order valence-electron chi connectivity index (χ1n) is 9.14. The monoisotopic (exact) mass is 414 g/mol. The molecule has 4 rings (SSSR count). The zero-order valence-electron chi connectivity index (χ0n) is 16.1. The van der Waals surface area contributed by atoms with Gasteiger partial charge in [-0.3, -0.25) is 0 Å². The maximum absolute atomic E-state index is 13.2.